The quantitative estimate of drug-likeness (QED) is 0.821. The average Bonchev–Trinajstić information content (AvgIpc) is 2.49. The molecule has 0 aromatic heterocycles. The number of carbonyl (C=O) groups excluding carboxylic acids is 2. The molecule has 2 N–H and O–H groups in total. The molecule has 2 aliphatic rings. The maximum Gasteiger partial charge on any atom is 0.244 e. The van der Waals surface area contributed by atoms with Crippen molar-refractivity contribution < 1.29 is 9.59 Å². The summed E-state index contributed by atoms with van der Waals surface area (Å²) in [6.07, 6.45) is 6.19. The number of nitrogens with zero attached hydrogens (tertiary/aromatic N) is 1. The van der Waals surface area contributed by atoms with Crippen molar-refractivity contribution in [2.24, 2.45) is 5.92 Å². The first-order chi connectivity index (χ1) is 10.1. The Morgan fingerprint density at radius 3 is 2.62 bits per heavy atom. The highest BCUT2D eigenvalue weighted by Gasteiger charge is 2.26. The van der Waals surface area contributed by atoms with E-state index in [1.807, 2.05) is 4.90 Å². The first kappa shape index (κ1) is 16.3. The van der Waals surface area contributed by atoms with E-state index in [1.54, 1.807) is 6.92 Å². The summed E-state index contributed by atoms with van der Waals surface area (Å²) >= 11 is 0. The molecule has 5 nitrogen and oxygen atoms in total. The Morgan fingerprint density at radius 2 is 1.95 bits per heavy atom. The Hall–Kier alpha value is -1.10. The normalized spacial score (nSPS) is 28.0. The predicted molar refractivity (Wildman–Crippen MR) is 82.8 cm³/mol. The standard InChI is InChI=1S/C16H29N3O2/c1-12-7-6-8-17-14(12)11-15(20)18-13(2)16(21)19-9-4-3-5-10-19/h12-14,17H,3-11H2,1-2H3,(H,18,20). The smallest absolute Gasteiger partial charge is 0.244 e. The first-order valence-corrected chi connectivity index (χ1v) is 8.39. The molecule has 0 aromatic rings. The lowest BCUT2D eigenvalue weighted by molar-refractivity contribution is -0.136. The van der Waals surface area contributed by atoms with E-state index in [0.29, 0.717) is 12.3 Å². The van der Waals surface area contributed by atoms with E-state index < -0.39 is 6.04 Å². The molecular weight excluding hydrogens is 266 g/mol. The highest BCUT2D eigenvalue weighted by Crippen LogP contribution is 2.18. The zero-order valence-corrected chi connectivity index (χ0v) is 13.4. The van der Waals surface area contributed by atoms with Gasteiger partial charge in [-0.2, -0.15) is 0 Å². The molecule has 5 heteroatoms. The van der Waals surface area contributed by atoms with Crippen LogP contribution in [0.4, 0.5) is 0 Å². The third kappa shape index (κ3) is 4.70. The van der Waals surface area contributed by atoms with Gasteiger partial charge in [-0.25, -0.2) is 0 Å². The lowest BCUT2D eigenvalue weighted by Gasteiger charge is -2.31. The first-order valence-electron chi connectivity index (χ1n) is 8.39. The minimum atomic E-state index is -0.408. The summed E-state index contributed by atoms with van der Waals surface area (Å²) in [5.41, 5.74) is 0. The average molecular weight is 295 g/mol. The highest BCUT2D eigenvalue weighted by molar-refractivity contribution is 5.87. The van der Waals surface area contributed by atoms with Gasteiger partial charge in [0.05, 0.1) is 0 Å². The molecule has 2 heterocycles. The van der Waals surface area contributed by atoms with Gasteiger partial charge in [0.15, 0.2) is 0 Å². The summed E-state index contributed by atoms with van der Waals surface area (Å²) < 4.78 is 0. The fraction of sp³-hybridized carbons (Fsp3) is 0.875. The maximum atomic E-state index is 12.3. The van der Waals surface area contributed by atoms with Gasteiger partial charge in [-0.15, -0.1) is 0 Å². The summed E-state index contributed by atoms with van der Waals surface area (Å²) in [6, 6.07) is -0.162. The van der Waals surface area contributed by atoms with Crippen molar-refractivity contribution in [3.8, 4) is 0 Å². The van der Waals surface area contributed by atoms with Crippen LogP contribution in [-0.4, -0.2) is 48.4 Å². The molecule has 120 valence electrons. The van der Waals surface area contributed by atoms with Crippen molar-refractivity contribution in [1.29, 1.82) is 0 Å². The van der Waals surface area contributed by atoms with Crippen LogP contribution < -0.4 is 10.6 Å². The Balaban J connectivity index is 1.76. The largest absolute Gasteiger partial charge is 0.345 e. The molecular formula is C16H29N3O2. The van der Waals surface area contributed by atoms with Gasteiger partial charge < -0.3 is 15.5 Å². The van der Waals surface area contributed by atoms with Crippen LogP contribution in [-0.2, 0) is 9.59 Å². The van der Waals surface area contributed by atoms with E-state index in [-0.39, 0.29) is 17.9 Å². The van der Waals surface area contributed by atoms with Crippen LogP contribution in [0.25, 0.3) is 0 Å². The van der Waals surface area contributed by atoms with Crippen molar-refractivity contribution in [2.75, 3.05) is 19.6 Å². The molecule has 0 radical (unpaired) electrons. The zero-order chi connectivity index (χ0) is 15.2. The van der Waals surface area contributed by atoms with E-state index in [1.165, 1.54) is 19.3 Å². The van der Waals surface area contributed by atoms with Crippen LogP contribution >= 0.6 is 0 Å². The second kappa shape index (κ2) is 7.78. The number of likely N-dealkylation sites (tertiary alicyclic amines) is 1. The molecule has 0 aliphatic carbocycles. The molecule has 2 saturated heterocycles. The van der Waals surface area contributed by atoms with Crippen LogP contribution in [0.2, 0.25) is 0 Å². The topological polar surface area (TPSA) is 61.4 Å². The van der Waals surface area contributed by atoms with Gasteiger partial charge in [0.1, 0.15) is 6.04 Å². The van der Waals surface area contributed by atoms with E-state index in [9.17, 15) is 9.59 Å². The molecule has 2 rings (SSSR count). The Labute approximate surface area is 127 Å². The Bertz CT molecular complexity index is 367. The second-order valence-electron chi connectivity index (χ2n) is 6.56. The van der Waals surface area contributed by atoms with Crippen LogP contribution in [0.5, 0.6) is 0 Å². The van der Waals surface area contributed by atoms with Crippen molar-refractivity contribution in [3.05, 3.63) is 0 Å². The molecule has 3 atom stereocenters. The van der Waals surface area contributed by atoms with Crippen LogP contribution in [0, 0.1) is 5.92 Å². The molecule has 0 spiro atoms. The van der Waals surface area contributed by atoms with E-state index in [4.69, 9.17) is 0 Å². The summed E-state index contributed by atoms with van der Waals surface area (Å²) in [5.74, 6) is 0.574. The lowest BCUT2D eigenvalue weighted by Crippen LogP contribution is -2.50. The molecule has 21 heavy (non-hydrogen) atoms. The predicted octanol–water partition coefficient (Wildman–Crippen LogP) is 1.28. The van der Waals surface area contributed by atoms with E-state index in [2.05, 4.69) is 17.6 Å². The zero-order valence-electron chi connectivity index (χ0n) is 13.4. The van der Waals surface area contributed by atoms with Crippen molar-refractivity contribution in [3.63, 3.8) is 0 Å². The SMILES string of the molecule is CC(NC(=O)CC1NCCCC1C)C(=O)N1CCCCC1. The van der Waals surface area contributed by atoms with Gasteiger partial charge >= 0.3 is 0 Å². The fourth-order valence-electron chi connectivity index (χ4n) is 3.34. The van der Waals surface area contributed by atoms with Gasteiger partial charge in [0.25, 0.3) is 0 Å². The number of carbonyl (C=O) groups is 2. The third-order valence-electron chi connectivity index (χ3n) is 4.75. The maximum absolute atomic E-state index is 12.3. The molecule has 0 bridgehead atoms. The van der Waals surface area contributed by atoms with Gasteiger partial charge in [-0.1, -0.05) is 6.92 Å². The molecule has 2 amide bonds. The Kier molecular flexibility index (Phi) is 6.03. The monoisotopic (exact) mass is 295 g/mol. The number of hydrogen-bond donors (Lipinski definition) is 2. The Morgan fingerprint density at radius 1 is 1.24 bits per heavy atom. The van der Waals surface area contributed by atoms with Crippen LogP contribution in [0.15, 0.2) is 0 Å². The minimum Gasteiger partial charge on any atom is -0.345 e. The summed E-state index contributed by atoms with van der Waals surface area (Å²) in [7, 11) is 0. The molecule has 3 unspecified atom stereocenters. The van der Waals surface area contributed by atoms with Crippen molar-refractivity contribution in [1.82, 2.24) is 15.5 Å². The summed E-state index contributed by atoms with van der Waals surface area (Å²) in [5, 5.41) is 6.28. The number of piperidine rings is 2. The van der Waals surface area contributed by atoms with Gasteiger partial charge in [0, 0.05) is 25.6 Å². The van der Waals surface area contributed by atoms with Gasteiger partial charge in [-0.3, -0.25) is 9.59 Å². The third-order valence-corrected chi connectivity index (χ3v) is 4.75. The summed E-state index contributed by atoms with van der Waals surface area (Å²) in [6.45, 7) is 6.64. The van der Waals surface area contributed by atoms with Gasteiger partial charge in [0.2, 0.25) is 11.8 Å². The lowest BCUT2D eigenvalue weighted by atomic mass is 9.90. The number of amides is 2. The van der Waals surface area contributed by atoms with Gasteiger partial charge in [-0.05, 0) is 51.5 Å². The van der Waals surface area contributed by atoms with E-state index >= 15 is 0 Å². The second-order valence-corrected chi connectivity index (χ2v) is 6.56. The number of nitrogens with one attached hydrogen (secondary N) is 2. The molecule has 2 fully saturated rings. The van der Waals surface area contributed by atoms with Crippen LogP contribution in [0.3, 0.4) is 0 Å². The molecule has 0 aromatic carbocycles. The van der Waals surface area contributed by atoms with Crippen LogP contribution in [0.1, 0.15) is 52.4 Å². The number of hydrogen-bond acceptors (Lipinski definition) is 3. The van der Waals surface area contributed by atoms with Crippen molar-refractivity contribution in [2.45, 2.75) is 64.5 Å². The van der Waals surface area contributed by atoms with Crippen molar-refractivity contribution >= 4 is 11.8 Å². The number of rotatable bonds is 4. The molecule has 2 aliphatic heterocycles. The molecule has 0 saturated carbocycles. The minimum absolute atomic E-state index is 0.0147. The highest BCUT2D eigenvalue weighted by atomic mass is 16.2. The summed E-state index contributed by atoms with van der Waals surface area (Å²) in [4.78, 5) is 26.3. The fourth-order valence-corrected chi connectivity index (χ4v) is 3.34. The van der Waals surface area contributed by atoms with E-state index in [0.717, 1.165) is 32.5 Å².